The molecule has 0 radical (unpaired) electrons. The van der Waals surface area contributed by atoms with Crippen LogP contribution < -0.4 is 11.0 Å². The number of amides is 2. The maximum atomic E-state index is 11.2. The lowest BCUT2D eigenvalue weighted by Gasteiger charge is -2.04. The highest BCUT2D eigenvalue weighted by Gasteiger charge is 2.07. The average molecular weight is 318 g/mol. The molecule has 10 heteroatoms. The van der Waals surface area contributed by atoms with Gasteiger partial charge in [-0.3, -0.25) is 19.3 Å². The summed E-state index contributed by atoms with van der Waals surface area (Å²) in [6.07, 6.45) is 1.57. The molecule has 0 aromatic carbocycles. The molecule has 0 aliphatic rings. The van der Waals surface area contributed by atoms with Crippen molar-refractivity contribution in [3.8, 4) is 0 Å². The van der Waals surface area contributed by atoms with Crippen LogP contribution in [-0.2, 0) is 19.3 Å². The van der Waals surface area contributed by atoms with Gasteiger partial charge in [-0.2, -0.15) is 0 Å². The van der Waals surface area contributed by atoms with Crippen molar-refractivity contribution in [3.63, 3.8) is 0 Å². The molecule has 110 valence electrons. The van der Waals surface area contributed by atoms with E-state index in [-0.39, 0.29) is 23.3 Å². The fourth-order valence-corrected chi connectivity index (χ4v) is 2.35. The van der Waals surface area contributed by atoms with Gasteiger partial charge in [0.25, 0.3) is 11.8 Å². The van der Waals surface area contributed by atoms with Gasteiger partial charge in [-0.1, -0.05) is 23.5 Å². The second-order valence-corrected chi connectivity index (χ2v) is 5.15. The standard InChI is InChI=1S/C10H14N4O4S2/c1-17-13-7(15)5-19-9-3-4-11-10(12-9)20-6-8(16)14-18-2/h3-4H,5-6H2,1-2H3,(H,13,15)(H,14,16). The van der Waals surface area contributed by atoms with Crippen molar-refractivity contribution >= 4 is 35.3 Å². The zero-order valence-electron chi connectivity index (χ0n) is 10.9. The molecule has 0 saturated heterocycles. The highest BCUT2D eigenvalue weighted by Crippen LogP contribution is 2.18. The quantitative estimate of drug-likeness (QED) is 0.299. The maximum Gasteiger partial charge on any atom is 0.253 e. The monoisotopic (exact) mass is 318 g/mol. The summed E-state index contributed by atoms with van der Waals surface area (Å²) in [5.41, 5.74) is 4.41. The van der Waals surface area contributed by atoms with E-state index in [0.29, 0.717) is 10.2 Å². The third kappa shape index (κ3) is 6.70. The Morgan fingerprint density at radius 2 is 1.75 bits per heavy atom. The SMILES string of the molecule is CONC(=O)CSc1ccnc(SCC(=O)NOC)n1. The van der Waals surface area contributed by atoms with E-state index in [2.05, 4.69) is 30.6 Å². The van der Waals surface area contributed by atoms with Crippen LogP contribution >= 0.6 is 23.5 Å². The van der Waals surface area contributed by atoms with E-state index < -0.39 is 0 Å². The number of carbonyl (C=O) groups is 2. The minimum absolute atomic E-state index is 0.145. The maximum absolute atomic E-state index is 11.2. The second-order valence-electron chi connectivity index (χ2n) is 3.21. The number of carbonyl (C=O) groups excluding carboxylic acids is 2. The number of nitrogens with one attached hydrogen (secondary N) is 2. The summed E-state index contributed by atoms with van der Waals surface area (Å²) in [7, 11) is 2.73. The second kappa shape index (κ2) is 9.53. The fraction of sp³-hybridized carbons (Fsp3) is 0.400. The van der Waals surface area contributed by atoms with Gasteiger partial charge in [-0.15, -0.1) is 0 Å². The zero-order valence-corrected chi connectivity index (χ0v) is 12.5. The first kappa shape index (κ1) is 16.7. The molecule has 1 aromatic heterocycles. The van der Waals surface area contributed by atoms with Gasteiger partial charge >= 0.3 is 0 Å². The predicted molar refractivity (Wildman–Crippen MR) is 73.8 cm³/mol. The molecule has 20 heavy (non-hydrogen) atoms. The lowest BCUT2D eigenvalue weighted by molar-refractivity contribution is -0.129. The van der Waals surface area contributed by atoms with Gasteiger partial charge in [0, 0.05) is 6.20 Å². The summed E-state index contributed by atoms with van der Waals surface area (Å²) in [4.78, 5) is 39.6. The number of hydroxylamine groups is 2. The number of aromatic nitrogens is 2. The number of thioether (sulfide) groups is 2. The predicted octanol–water partition coefficient (Wildman–Crippen LogP) is 0.0160. The fourth-order valence-electron chi connectivity index (χ4n) is 1.03. The Morgan fingerprint density at radius 1 is 1.15 bits per heavy atom. The first-order valence-corrected chi connectivity index (χ1v) is 7.35. The van der Waals surface area contributed by atoms with Crippen molar-refractivity contribution in [1.82, 2.24) is 20.9 Å². The van der Waals surface area contributed by atoms with E-state index in [1.165, 1.54) is 37.7 Å². The smallest absolute Gasteiger partial charge is 0.253 e. The Morgan fingerprint density at radius 3 is 2.35 bits per heavy atom. The highest BCUT2D eigenvalue weighted by atomic mass is 32.2. The normalized spacial score (nSPS) is 10.1. The van der Waals surface area contributed by atoms with E-state index in [0.717, 1.165) is 0 Å². The molecule has 2 amide bonds. The van der Waals surface area contributed by atoms with Crippen LogP contribution in [-0.4, -0.2) is 47.5 Å². The van der Waals surface area contributed by atoms with Crippen LogP contribution in [0.4, 0.5) is 0 Å². The van der Waals surface area contributed by atoms with Crippen molar-refractivity contribution in [3.05, 3.63) is 12.3 Å². The van der Waals surface area contributed by atoms with Crippen LogP contribution in [0.1, 0.15) is 0 Å². The molecule has 0 aliphatic carbocycles. The largest absolute Gasteiger partial charge is 0.277 e. The Kier molecular flexibility index (Phi) is 7.95. The van der Waals surface area contributed by atoms with Gasteiger partial charge in [-0.25, -0.2) is 20.9 Å². The molecule has 0 saturated carbocycles. The van der Waals surface area contributed by atoms with E-state index in [1.54, 1.807) is 12.3 Å². The minimum Gasteiger partial charge on any atom is -0.277 e. The summed E-state index contributed by atoms with van der Waals surface area (Å²) in [6, 6.07) is 1.68. The van der Waals surface area contributed by atoms with Gasteiger partial charge in [0.2, 0.25) is 0 Å². The van der Waals surface area contributed by atoms with Crippen LogP contribution in [0.25, 0.3) is 0 Å². The molecule has 8 nitrogen and oxygen atoms in total. The third-order valence-electron chi connectivity index (χ3n) is 1.72. The molecule has 0 atom stereocenters. The van der Waals surface area contributed by atoms with Crippen molar-refractivity contribution in [2.24, 2.45) is 0 Å². The molecule has 1 heterocycles. The van der Waals surface area contributed by atoms with Crippen LogP contribution in [0, 0.1) is 0 Å². The summed E-state index contributed by atoms with van der Waals surface area (Å²) in [5.74, 6) is -0.214. The summed E-state index contributed by atoms with van der Waals surface area (Å²) >= 11 is 2.42. The summed E-state index contributed by atoms with van der Waals surface area (Å²) in [5, 5.41) is 1.09. The van der Waals surface area contributed by atoms with Crippen molar-refractivity contribution in [1.29, 1.82) is 0 Å². The molecule has 0 aliphatic heterocycles. The van der Waals surface area contributed by atoms with Crippen molar-refractivity contribution in [2.45, 2.75) is 10.2 Å². The molecular weight excluding hydrogens is 304 g/mol. The third-order valence-corrected chi connectivity index (χ3v) is 3.51. The van der Waals surface area contributed by atoms with E-state index >= 15 is 0 Å². The first-order valence-electron chi connectivity index (χ1n) is 5.38. The van der Waals surface area contributed by atoms with Crippen LogP contribution in [0.3, 0.4) is 0 Å². The Hall–Kier alpha value is -1.36. The highest BCUT2D eigenvalue weighted by molar-refractivity contribution is 8.00. The van der Waals surface area contributed by atoms with E-state index in [1.807, 2.05) is 0 Å². The molecule has 1 aromatic rings. The molecule has 0 fully saturated rings. The molecule has 2 N–H and O–H groups in total. The van der Waals surface area contributed by atoms with Gasteiger partial charge in [0.05, 0.1) is 25.7 Å². The average Bonchev–Trinajstić information content (AvgIpc) is 2.44. The van der Waals surface area contributed by atoms with Crippen LogP contribution in [0.2, 0.25) is 0 Å². The number of nitrogens with zero attached hydrogens (tertiary/aromatic N) is 2. The van der Waals surface area contributed by atoms with Gasteiger partial charge in [0.1, 0.15) is 5.03 Å². The van der Waals surface area contributed by atoms with Gasteiger partial charge < -0.3 is 0 Å². The van der Waals surface area contributed by atoms with Crippen LogP contribution in [0.5, 0.6) is 0 Å². The summed E-state index contributed by atoms with van der Waals surface area (Å²) < 4.78 is 0. The Bertz CT molecular complexity index is 423. The number of rotatable bonds is 8. The molecular formula is C10H14N4O4S2. The molecule has 0 bridgehead atoms. The minimum atomic E-state index is -0.279. The van der Waals surface area contributed by atoms with Crippen molar-refractivity contribution < 1.29 is 19.3 Å². The topological polar surface area (TPSA) is 102 Å². The molecule has 0 unspecified atom stereocenters. The number of hydrogen-bond acceptors (Lipinski definition) is 8. The molecule has 0 spiro atoms. The first-order chi connectivity index (χ1) is 9.65. The Balaban J connectivity index is 2.45. The van der Waals surface area contributed by atoms with Crippen molar-refractivity contribution in [2.75, 3.05) is 25.7 Å². The molecule has 1 rings (SSSR count). The van der Waals surface area contributed by atoms with Gasteiger partial charge in [-0.05, 0) is 6.07 Å². The van der Waals surface area contributed by atoms with Gasteiger partial charge in [0.15, 0.2) is 5.16 Å². The van der Waals surface area contributed by atoms with E-state index in [4.69, 9.17) is 0 Å². The lowest BCUT2D eigenvalue weighted by atomic mass is 10.7. The zero-order chi connectivity index (χ0) is 14.8. The number of hydrogen-bond donors (Lipinski definition) is 2. The van der Waals surface area contributed by atoms with E-state index in [9.17, 15) is 9.59 Å². The lowest BCUT2D eigenvalue weighted by Crippen LogP contribution is -2.23. The Labute approximate surface area is 124 Å². The van der Waals surface area contributed by atoms with Crippen LogP contribution in [0.15, 0.2) is 22.4 Å². The summed E-state index contributed by atoms with van der Waals surface area (Å²) in [6.45, 7) is 0.